The molecule has 2 saturated heterocycles. The van der Waals surface area contributed by atoms with Gasteiger partial charge in [0.25, 0.3) is 0 Å². The predicted molar refractivity (Wildman–Crippen MR) is 342 cm³/mol. The summed E-state index contributed by atoms with van der Waals surface area (Å²) in [5.74, 6) is -10.3. The Morgan fingerprint density at radius 3 is 2.09 bits per heavy atom. The molecule has 32 heteroatoms. The second-order valence-electron chi connectivity index (χ2n) is 21.6. The minimum Gasteiger partial charge on any atom is -0.507 e. The summed E-state index contributed by atoms with van der Waals surface area (Å²) < 4.78 is 5.94. The Balaban J connectivity index is 1.40. The van der Waals surface area contributed by atoms with Gasteiger partial charge in [-0.2, -0.15) is 0 Å². The zero-order valence-electron chi connectivity index (χ0n) is 49.0. The molecule has 19 N–H and O–H groups in total. The Bertz CT molecular complexity index is 3120. The van der Waals surface area contributed by atoms with Gasteiger partial charge in [0.05, 0.1) is 22.4 Å². The average Bonchev–Trinajstić information content (AvgIpc) is 2.51. The van der Waals surface area contributed by atoms with E-state index < -0.39 is 162 Å². The highest BCUT2D eigenvalue weighted by Crippen LogP contribution is 2.30. The lowest BCUT2D eigenvalue weighted by Crippen LogP contribution is -2.62. The minimum atomic E-state index is -1.89. The molecule has 15 atom stereocenters. The van der Waals surface area contributed by atoms with Crippen LogP contribution in [0.2, 0.25) is 0 Å². The summed E-state index contributed by atoms with van der Waals surface area (Å²) in [6, 6.07) is 7.06. The molecule has 2 fully saturated rings. The number of aliphatic hydroxyl groups is 6. The molecule has 1 aromatic heterocycles. The number of carboxylic acid groups (broad SMARTS) is 1. The summed E-state index contributed by atoms with van der Waals surface area (Å²) in [6.45, 7) is 1.79. The van der Waals surface area contributed by atoms with E-state index in [9.17, 15) is 74.4 Å². The molecule has 0 saturated carbocycles. The van der Waals surface area contributed by atoms with Crippen molar-refractivity contribution < 1.29 is 88.7 Å². The number of unbranched alkanes of at least 4 members (excludes halogenated alkanes) is 1. The Morgan fingerprint density at radius 1 is 0.767 bits per heavy atom. The molecule has 0 bridgehead atoms. The topological polar surface area (TPSA) is 463 Å². The molecule has 6 rings (SSSR count). The number of aromatic hydroxyl groups is 1. The Labute approximate surface area is 543 Å². The number of phenolic OH excluding ortho intramolecular Hbond substituents is 1. The van der Waals surface area contributed by atoms with Crippen molar-refractivity contribution in [2.75, 3.05) is 30.4 Å². The third-order valence-corrected chi connectivity index (χ3v) is 19.2. The molecule has 28 nitrogen and oxygen atoms in total. The van der Waals surface area contributed by atoms with Gasteiger partial charge in [-0.05, 0) is 97.1 Å². The number of nitrogens with two attached hydrogens (primary N) is 1. The smallest absolute Gasteiger partial charge is 0.328 e. The zero-order valence-corrected chi connectivity index (χ0v) is 53.6. The van der Waals surface area contributed by atoms with Gasteiger partial charge in [-0.3, -0.25) is 38.4 Å². The largest absolute Gasteiger partial charge is 0.507 e. The SMILES string of the molecule is C[C@@H](O)[C@H](NC(=O)[C@@H]1CSSC[C@H](NC(=O)[C@H](Cc2ccccc2)NC(=O)CCS[C@@H]2O[C@@H](CO)[C@@H](O)[C@H](O)[C@@H]2O)C(=O)N[C@@H](Cc2ccc(O)c(I)c2)C(=O)N[C@H](Cc2c[nH]c3ccccc23)C(=O)N[C@@H](CCCCN)C(=O)N[C@@H]([C@@H](C)O)C(=O)N1)C(=O)O. The number of hydrogen-bond donors (Lipinski definition) is 18. The molecule has 3 heterocycles. The predicted octanol–water partition coefficient (Wildman–Crippen LogP) is -2.32. The van der Waals surface area contributed by atoms with Crippen LogP contribution in [-0.4, -0.2) is 220 Å². The van der Waals surface area contributed by atoms with Crippen LogP contribution in [0.5, 0.6) is 5.75 Å². The van der Waals surface area contributed by atoms with Gasteiger partial charge < -0.3 is 98.8 Å². The molecule has 8 amide bonds. The first-order chi connectivity index (χ1) is 42.9. The molecule has 0 aliphatic carbocycles. The first kappa shape index (κ1) is 72.7. The van der Waals surface area contributed by atoms with Crippen molar-refractivity contribution in [1.82, 2.24) is 47.5 Å². The van der Waals surface area contributed by atoms with Crippen LogP contribution in [0.25, 0.3) is 10.9 Å². The number of carbonyl (C=O) groups excluding carboxylic acids is 8. The first-order valence-corrected chi connectivity index (χ1v) is 33.4. The monoisotopic (exact) mass is 1420 g/mol. The quantitative estimate of drug-likeness (QED) is 0.0211. The lowest BCUT2D eigenvalue weighted by Gasteiger charge is -2.39. The van der Waals surface area contributed by atoms with Gasteiger partial charge in [-0.1, -0.05) is 76.2 Å². The molecule has 492 valence electrons. The molecule has 4 aromatic rings. The molecule has 0 unspecified atom stereocenters. The number of aromatic amines is 1. The van der Waals surface area contributed by atoms with Gasteiger partial charge in [0.2, 0.25) is 47.3 Å². The number of thioether (sulfide) groups is 1. The summed E-state index contributed by atoms with van der Waals surface area (Å²) in [7, 11) is 1.69. The highest BCUT2D eigenvalue weighted by atomic mass is 127. The number of fused-ring (bicyclic) bond motifs is 1. The molecule has 90 heavy (non-hydrogen) atoms. The third-order valence-electron chi connectivity index (χ3n) is 14.7. The highest BCUT2D eigenvalue weighted by Gasteiger charge is 2.44. The van der Waals surface area contributed by atoms with Crippen LogP contribution in [0.4, 0.5) is 0 Å². The summed E-state index contributed by atoms with van der Waals surface area (Å²) in [4.78, 5) is 132. The Morgan fingerprint density at radius 2 is 1.42 bits per heavy atom. The number of ether oxygens (including phenoxy) is 1. The average molecular weight is 1430 g/mol. The lowest BCUT2D eigenvalue weighted by molar-refractivity contribution is -0.205. The summed E-state index contributed by atoms with van der Waals surface area (Å²) in [5, 5.41) is 104. The Hall–Kier alpha value is -6.31. The van der Waals surface area contributed by atoms with E-state index >= 15 is 9.59 Å². The second-order valence-corrected chi connectivity index (χ2v) is 26.6. The molecular weight excluding hydrogens is 1350 g/mol. The Kier molecular flexibility index (Phi) is 28.7. The maximum Gasteiger partial charge on any atom is 0.328 e. The number of rotatable bonds is 23. The van der Waals surface area contributed by atoms with Crippen LogP contribution >= 0.6 is 55.9 Å². The van der Waals surface area contributed by atoms with Gasteiger partial charge in [0, 0.05) is 60.0 Å². The van der Waals surface area contributed by atoms with Gasteiger partial charge in [0.15, 0.2) is 6.04 Å². The minimum absolute atomic E-state index is 0.0555. The van der Waals surface area contributed by atoms with Crippen molar-refractivity contribution in [2.45, 2.75) is 149 Å². The third kappa shape index (κ3) is 21.1. The maximum atomic E-state index is 15.1. The molecule has 0 spiro atoms. The fraction of sp³-hybridized carbons (Fsp3) is 0.500. The van der Waals surface area contributed by atoms with Gasteiger partial charge >= 0.3 is 5.97 Å². The van der Waals surface area contributed by atoms with E-state index in [-0.39, 0.29) is 56.6 Å². The van der Waals surface area contributed by atoms with Crippen LogP contribution in [0, 0.1) is 3.57 Å². The number of aliphatic hydroxyl groups excluding tert-OH is 6. The fourth-order valence-corrected chi connectivity index (χ4v) is 13.7. The van der Waals surface area contributed by atoms with Crippen molar-refractivity contribution in [3.63, 3.8) is 0 Å². The van der Waals surface area contributed by atoms with E-state index in [1.54, 1.807) is 66.9 Å². The molecule has 0 radical (unpaired) electrons. The molecule has 2 aliphatic rings. The zero-order chi connectivity index (χ0) is 65.8. The van der Waals surface area contributed by atoms with Crippen LogP contribution < -0.4 is 48.3 Å². The number of nitrogens with one attached hydrogen (secondary N) is 9. The number of phenols is 1. The number of aromatic nitrogens is 1. The summed E-state index contributed by atoms with van der Waals surface area (Å²) >= 11 is 2.78. The van der Waals surface area contributed by atoms with E-state index in [1.807, 2.05) is 22.6 Å². The number of amides is 8. The molecule has 2 aliphatic heterocycles. The van der Waals surface area contributed by atoms with Crippen LogP contribution in [0.15, 0.2) is 79.0 Å². The number of aliphatic carboxylic acids is 1. The fourth-order valence-electron chi connectivity index (χ4n) is 9.66. The molecule has 3 aromatic carbocycles. The standard InChI is InChI=1S/C58H77IN10O18S3/c1-28(71)45-56(84)67-41(55(83)69-46(29(2)72)57(85)86)27-90-89-26-40(66-51(79)37(21-30-10-4-3-5-11-30)62-44(74)17-19-88-58-49(77)48(76)47(75)43(25-70)87-58)54(82)64-38(22-31-15-16-42(73)34(59)20-31)52(80)65-39(23-32-24-61-35-13-7-6-12-33(32)35)53(81)63-36(50(78)68-45)14-8-9-18-60/h3-7,10-13,15-16,20,24,28-29,36-41,43,45-49,58,61,70-73,75-77H,8-9,14,17-19,21-23,25-27,60H2,1-2H3,(H,62,74)(H,63,81)(H,64,82)(H,65,80)(H,66,79)(H,67,84)(H,68,78)(H,69,83)(H,85,86)/t28-,29-,36+,37+,38+,39-,40+,41+,43+,45+,46+,47-,48+,49+,58+/m1/s1. The lowest BCUT2D eigenvalue weighted by atomic mass is 10.0. The summed E-state index contributed by atoms with van der Waals surface area (Å²) in [6.07, 6.45) is -8.10. The van der Waals surface area contributed by atoms with E-state index in [1.165, 1.54) is 19.1 Å². The van der Waals surface area contributed by atoms with Crippen molar-refractivity contribution in [1.29, 1.82) is 0 Å². The number of carboxylic acids is 1. The molecular formula is C58H77IN10O18S3. The number of hydrogen-bond acceptors (Lipinski definition) is 21. The van der Waals surface area contributed by atoms with Crippen LogP contribution in [-0.2, 0) is 67.2 Å². The number of para-hydroxylation sites is 1. The van der Waals surface area contributed by atoms with E-state index in [0.29, 0.717) is 37.6 Å². The van der Waals surface area contributed by atoms with E-state index in [2.05, 4.69) is 47.5 Å². The van der Waals surface area contributed by atoms with Gasteiger partial charge in [-0.15, -0.1) is 11.8 Å². The van der Waals surface area contributed by atoms with E-state index in [4.69, 9.17) is 10.5 Å². The van der Waals surface area contributed by atoms with Gasteiger partial charge in [-0.25, -0.2) is 4.79 Å². The first-order valence-electron chi connectivity index (χ1n) is 28.8. The second kappa shape index (κ2) is 35.5. The number of halogens is 1. The maximum absolute atomic E-state index is 15.1. The van der Waals surface area contributed by atoms with Crippen molar-refractivity contribution in [2.24, 2.45) is 5.73 Å². The summed E-state index contributed by atoms with van der Waals surface area (Å²) in [5.41, 5.74) is 6.87. The van der Waals surface area contributed by atoms with Crippen molar-refractivity contribution >= 4 is 120 Å². The number of carbonyl (C=O) groups is 9. The van der Waals surface area contributed by atoms with Crippen LogP contribution in [0.3, 0.4) is 0 Å². The van der Waals surface area contributed by atoms with Crippen molar-refractivity contribution in [3.8, 4) is 5.75 Å². The number of H-pyrrole nitrogens is 1. The van der Waals surface area contributed by atoms with Crippen molar-refractivity contribution in [3.05, 3.63) is 99.3 Å². The highest BCUT2D eigenvalue weighted by molar-refractivity contribution is 14.1. The van der Waals surface area contributed by atoms with Gasteiger partial charge in [0.1, 0.15) is 77.9 Å². The van der Waals surface area contributed by atoms with Crippen LogP contribution in [0.1, 0.15) is 56.2 Å². The normalized spacial score (nSPS) is 25.6. The van der Waals surface area contributed by atoms with E-state index in [0.717, 1.165) is 40.3 Å². The number of benzene rings is 3.